The van der Waals surface area contributed by atoms with Crippen LogP contribution in [0.1, 0.15) is 55.5 Å². The lowest BCUT2D eigenvalue weighted by atomic mass is 9.91. The Kier molecular flexibility index (Phi) is 9.19. The highest BCUT2D eigenvalue weighted by Crippen LogP contribution is 2.34. The van der Waals surface area contributed by atoms with E-state index in [-0.39, 0.29) is 6.04 Å². The molecule has 8 rings (SSSR count). The molecule has 11 heteroatoms. The van der Waals surface area contributed by atoms with Gasteiger partial charge in [0.2, 0.25) is 5.95 Å². The number of aryl methyl sites for hydroxylation is 3. The Balaban J connectivity index is 0.955. The second-order valence-corrected chi connectivity index (χ2v) is 14.7. The molecule has 9 nitrogen and oxygen atoms in total. The van der Waals surface area contributed by atoms with Crippen molar-refractivity contribution < 1.29 is 8.78 Å². The summed E-state index contributed by atoms with van der Waals surface area (Å²) in [5.74, 6) is 0.0896. The van der Waals surface area contributed by atoms with Gasteiger partial charge in [0.05, 0.1) is 29.0 Å². The molecule has 0 amide bonds. The minimum absolute atomic E-state index is 0.147. The van der Waals surface area contributed by atoms with E-state index in [2.05, 4.69) is 73.6 Å². The molecule has 2 saturated heterocycles. The van der Waals surface area contributed by atoms with Gasteiger partial charge in [0.25, 0.3) is 0 Å². The molecule has 0 atom stereocenters. The van der Waals surface area contributed by atoms with Crippen LogP contribution in [0.4, 0.5) is 26.1 Å². The number of nitrogens with one attached hydrogen (secondary N) is 2. The topological polar surface area (TPSA) is 79.1 Å². The first-order chi connectivity index (χ1) is 25.2. The first-order valence-electron chi connectivity index (χ1n) is 18.6. The fourth-order valence-electron chi connectivity index (χ4n) is 8.11. The number of likely N-dealkylation sites (tertiary alicyclic amines) is 1. The summed E-state index contributed by atoms with van der Waals surface area (Å²) >= 11 is 0. The van der Waals surface area contributed by atoms with Gasteiger partial charge in [0.1, 0.15) is 11.6 Å². The number of fused-ring (bicyclic) bond motifs is 7. The Morgan fingerprint density at radius 2 is 1.69 bits per heavy atom. The number of benzene rings is 2. The molecule has 3 aromatic heterocycles. The summed E-state index contributed by atoms with van der Waals surface area (Å²) in [6.45, 7) is 15.3. The van der Waals surface area contributed by atoms with Crippen LogP contribution >= 0.6 is 0 Å². The SMILES string of the molecule is C=C1Nc2nc3ccc(N4CCC(C(=C)N5CC(Nc6cc(F)cc(F)c6)C5)CC4)cc3n2CCCCCCc2c(cnn2C)-c2cc1cc(C)n2. The van der Waals surface area contributed by atoms with Gasteiger partial charge >= 0.3 is 0 Å². The predicted octanol–water partition coefficient (Wildman–Crippen LogP) is 8.14. The summed E-state index contributed by atoms with van der Waals surface area (Å²) in [6.07, 6.45) is 9.40. The summed E-state index contributed by atoms with van der Waals surface area (Å²) in [7, 11) is 2.02. The van der Waals surface area contributed by atoms with Gasteiger partial charge in [-0.1, -0.05) is 26.0 Å². The van der Waals surface area contributed by atoms with Crippen molar-refractivity contribution in [2.45, 2.75) is 64.5 Å². The number of pyridine rings is 1. The van der Waals surface area contributed by atoms with Crippen LogP contribution in [0, 0.1) is 24.5 Å². The van der Waals surface area contributed by atoms with E-state index in [4.69, 9.17) is 9.97 Å². The van der Waals surface area contributed by atoms with Crippen molar-refractivity contribution in [2.75, 3.05) is 41.7 Å². The van der Waals surface area contributed by atoms with E-state index in [0.717, 1.165) is 129 Å². The Bertz CT molecular complexity index is 2120. The van der Waals surface area contributed by atoms with Crippen LogP contribution in [0.25, 0.3) is 28.0 Å². The average Bonchev–Trinajstić information content (AvgIpc) is 3.64. The fourth-order valence-corrected chi connectivity index (χ4v) is 8.11. The van der Waals surface area contributed by atoms with Crippen LogP contribution in [0.2, 0.25) is 0 Å². The van der Waals surface area contributed by atoms with Crippen LogP contribution < -0.4 is 15.5 Å². The van der Waals surface area contributed by atoms with E-state index in [1.54, 1.807) is 0 Å². The second kappa shape index (κ2) is 14.1. The first kappa shape index (κ1) is 33.9. The van der Waals surface area contributed by atoms with Gasteiger partial charge in [-0.05, 0) is 81.5 Å². The highest BCUT2D eigenvalue weighted by molar-refractivity contribution is 5.85. The molecule has 2 fully saturated rings. The maximum absolute atomic E-state index is 13.6. The molecule has 52 heavy (non-hydrogen) atoms. The zero-order valence-electron chi connectivity index (χ0n) is 30.1. The molecule has 0 spiro atoms. The van der Waals surface area contributed by atoms with Crippen LogP contribution in [-0.2, 0) is 20.0 Å². The van der Waals surface area contributed by atoms with Crippen molar-refractivity contribution in [2.24, 2.45) is 13.0 Å². The number of nitrogens with zero attached hydrogens (tertiary/aromatic N) is 7. The molecule has 2 bridgehead atoms. The molecule has 0 radical (unpaired) electrons. The van der Waals surface area contributed by atoms with E-state index in [1.807, 2.05) is 24.9 Å². The van der Waals surface area contributed by atoms with Gasteiger partial charge in [-0.25, -0.2) is 13.8 Å². The van der Waals surface area contributed by atoms with Gasteiger partial charge in [0, 0.05) is 97.0 Å². The van der Waals surface area contributed by atoms with Gasteiger partial charge in [-0.3, -0.25) is 9.67 Å². The molecule has 3 aliphatic rings. The standard InChI is InChI=1S/C41H47F2N9/c1-26-17-30-18-38(45-26)36-23-44-49(4)39(36)9-7-5-6-8-14-52-40-22-35(10-11-37(40)48-41(52)46-27(30)2)50-15-12-29(13-16-50)28(3)51-24-34(25-51)47-33-20-31(42)19-32(43)21-33/h10-11,17-23,29,34,47H,2-3,5-9,12-16,24-25H2,1,4H3,(H,46,48). The van der Waals surface area contributed by atoms with E-state index < -0.39 is 11.6 Å². The number of hydrogen-bond acceptors (Lipinski definition) is 7. The number of allylic oxidation sites excluding steroid dienone is 1. The number of imidazole rings is 1. The summed E-state index contributed by atoms with van der Waals surface area (Å²) in [5, 5.41) is 11.4. The van der Waals surface area contributed by atoms with Crippen molar-refractivity contribution >= 4 is 34.1 Å². The first-order valence-corrected chi connectivity index (χ1v) is 18.6. The molecule has 270 valence electrons. The van der Waals surface area contributed by atoms with Crippen LogP contribution in [0.15, 0.2) is 73.6 Å². The zero-order chi connectivity index (χ0) is 35.9. The van der Waals surface area contributed by atoms with Crippen molar-refractivity contribution in [3.63, 3.8) is 0 Å². The zero-order valence-corrected chi connectivity index (χ0v) is 30.1. The third-order valence-electron chi connectivity index (χ3n) is 11.0. The Hall–Kier alpha value is -5.19. The average molecular weight is 704 g/mol. The molecule has 2 N–H and O–H groups in total. The second-order valence-electron chi connectivity index (χ2n) is 14.7. The smallest absolute Gasteiger partial charge is 0.208 e. The quantitative estimate of drug-likeness (QED) is 0.191. The lowest BCUT2D eigenvalue weighted by molar-refractivity contribution is 0.183. The number of piperidine rings is 1. The predicted molar refractivity (Wildman–Crippen MR) is 205 cm³/mol. The lowest BCUT2D eigenvalue weighted by Crippen LogP contribution is -2.55. The fraction of sp³-hybridized carbons (Fsp3) is 0.390. The molecule has 3 aliphatic heterocycles. The van der Waals surface area contributed by atoms with Crippen LogP contribution in [0.3, 0.4) is 0 Å². The van der Waals surface area contributed by atoms with E-state index >= 15 is 0 Å². The highest BCUT2D eigenvalue weighted by atomic mass is 19.1. The highest BCUT2D eigenvalue weighted by Gasteiger charge is 2.32. The van der Waals surface area contributed by atoms with Crippen LogP contribution in [0.5, 0.6) is 0 Å². The lowest BCUT2D eigenvalue weighted by Gasteiger charge is -2.46. The number of hydrogen-bond donors (Lipinski definition) is 2. The van der Waals surface area contributed by atoms with E-state index in [1.165, 1.54) is 29.2 Å². The maximum atomic E-state index is 13.6. The molecule has 2 aromatic carbocycles. The summed E-state index contributed by atoms with van der Waals surface area (Å²) in [6, 6.07) is 14.6. The number of halogens is 2. The normalized spacial score (nSPS) is 17.5. The third kappa shape index (κ3) is 6.88. The molecule has 0 saturated carbocycles. The molecule has 0 aliphatic carbocycles. The van der Waals surface area contributed by atoms with Crippen LogP contribution in [-0.4, -0.2) is 61.4 Å². The molecule has 5 aromatic rings. The maximum Gasteiger partial charge on any atom is 0.208 e. The third-order valence-corrected chi connectivity index (χ3v) is 11.0. The molecule has 6 heterocycles. The molecular formula is C41H47F2N9. The largest absolute Gasteiger partial charge is 0.379 e. The van der Waals surface area contributed by atoms with E-state index in [9.17, 15) is 8.78 Å². The summed E-state index contributed by atoms with van der Waals surface area (Å²) in [4.78, 5) is 14.7. The van der Waals surface area contributed by atoms with Gasteiger partial charge in [-0.2, -0.15) is 5.10 Å². The summed E-state index contributed by atoms with van der Waals surface area (Å²) < 4.78 is 31.6. The summed E-state index contributed by atoms with van der Waals surface area (Å²) in [5.41, 5.74) is 10.9. The number of aromatic nitrogens is 5. The Morgan fingerprint density at radius 1 is 0.923 bits per heavy atom. The monoisotopic (exact) mass is 703 g/mol. The van der Waals surface area contributed by atoms with Gasteiger partial charge in [-0.15, -0.1) is 0 Å². The Morgan fingerprint density at radius 3 is 2.48 bits per heavy atom. The van der Waals surface area contributed by atoms with Crippen molar-refractivity contribution in [1.29, 1.82) is 0 Å². The van der Waals surface area contributed by atoms with Crippen molar-refractivity contribution in [1.82, 2.24) is 29.2 Å². The van der Waals surface area contributed by atoms with Gasteiger partial charge in [0.15, 0.2) is 0 Å². The number of anilines is 3. The van der Waals surface area contributed by atoms with Crippen molar-refractivity contribution in [3.05, 3.63) is 102 Å². The van der Waals surface area contributed by atoms with E-state index in [0.29, 0.717) is 11.6 Å². The minimum Gasteiger partial charge on any atom is -0.379 e. The molecule has 0 unspecified atom stereocenters. The van der Waals surface area contributed by atoms with Gasteiger partial charge < -0.3 is 25.0 Å². The minimum atomic E-state index is -0.567. The number of rotatable bonds is 5. The Labute approximate surface area is 304 Å². The molecular weight excluding hydrogens is 657 g/mol. The van der Waals surface area contributed by atoms with Crippen molar-refractivity contribution in [3.8, 4) is 11.3 Å².